The fourth-order valence-electron chi connectivity index (χ4n) is 2.48. The van der Waals surface area contributed by atoms with E-state index in [2.05, 4.69) is 66.5 Å². The summed E-state index contributed by atoms with van der Waals surface area (Å²) in [6, 6.07) is 19.1. The molecule has 0 aliphatic rings. The molecule has 0 spiro atoms. The first-order valence-corrected chi connectivity index (χ1v) is 7.29. The second kappa shape index (κ2) is 7.83. The van der Waals surface area contributed by atoms with E-state index < -0.39 is 0 Å². The first-order chi connectivity index (χ1) is 9.79. The summed E-state index contributed by atoms with van der Waals surface area (Å²) in [6.07, 6.45) is 2.33. The van der Waals surface area contributed by atoms with Crippen molar-refractivity contribution in [3.63, 3.8) is 0 Å². The van der Waals surface area contributed by atoms with Crippen LogP contribution in [0.25, 0.3) is 0 Å². The summed E-state index contributed by atoms with van der Waals surface area (Å²) in [7, 11) is 2.18. The molecule has 0 bridgehead atoms. The van der Waals surface area contributed by atoms with E-state index in [1.54, 1.807) is 0 Å². The van der Waals surface area contributed by atoms with Gasteiger partial charge >= 0.3 is 0 Å². The standard InChI is InChI=1S/C18H24N2/c1-20(13-7-10-16-8-3-2-4-9-16)15-18-12-6-5-11-17(18)14-19/h2-6,8-9,11-12H,7,10,13-15,19H2,1H3. The van der Waals surface area contributed by atoms with Crippen molar-refractivity contribution in [1.82, 2.24) is 4.90 Å². The van der Waals surface area contributed by atoms with E-state index in [1.807, 2.05) is 0 Å². The van der Waals surface area contributed by atoms with Crippen LogP contribution in [0, 0.1) is 0 Å². The lowest BCUT2D eigenvalue weighted by Crippen LogP contribution is -2.20. The van der Waals surface area contributed by atoms with Gasteiger partial charge in [-0.1, -0.05) is 54.6 Å². The second-order valence-electron chi connectivity index (χ2n) is 5.30. The Kier molecular flexibility index (Phi) is 5.78. The highest BCUT2D eigenvalue weighted by molar-refractivity contribution is 5.26. The van der Waals surface area contributed by atoms with Crippen LogP contribution in [0.4, 0.5) is 0 Å². The Bertz CT molecular complexity index is 508. The molecule has 0 radical (unpaired) electrons. The van der Waals surface area contributed by atoms with Crippen LogP contribution in [0.1, 0.15) is 23.1 Å². The molecule has 0 saturated carbocycles. The predicted molar refractivity (Wildman–Crippen MR) is 85.4 cm³/mol. The molecule has 106 valence electrons. The van der Waals surface area contributed by atoms with Crippen LogP contribution in [0.15, 0.2) is 54.6 Å². The Balaban J connectivity index is 1.79. The zero-order chi connectivity index (χ0) is 14.2. The number of hydrogen-bond donors (Lipinski definition) is 1. The maximum absolute atomic E-state index is 5.78. The lowest BCUT2D eigenvalue weighted by molar-refractivity contribution is 0.321. The molecule has 0 saturated heterocycles. The monoisotopic (exact) mass is 268 g/mol. The van der Waals surface area contributed by atoms with E-state index in [9.17, 15) is 0 Å². The molecule has 0 aliphatic carbocycles. The molecule has 0 aromatic heterocycles. The smallest absolute Gasteiger partial charge is 0.0233 e. The normalized spacial score (nSPS) is 10.9. The highest BCUT2D eigenvalue weighted by atomic mass is 15.1. The minimum absolute atomic E-state index is 0.619. The molecule has 20 heavy (non-hydrogen) atoms. The van der Waals surface area contributed by atoms with Crippen molar-refractivity contribution in [2.45, 2.75) is 25.9 Å². The summed E-state index contributed by atoms with van der Waals surface area (Å²) < 4.78 is 0. The van der Waals surface area contributed by atoms with Gasteiger partial charge in [0.2, 0.25) is 0 Å². The van der Waals surface area contributed by atoms with Crippen molar-refractivity contribution in [3.8, 4) is 0 Å². The molecule has 0 aliphatic heterocycles. The average molecular weight is 268 g/mol. The summed E-state index contributed by atoms with van der Waals surface area (Å²) in [5.41, 5.74) is 9.80. The zero-order valence-electron chi connectivity index (χ0n) is 12.3. The molecular weight excluding hydrogens is 244 g/mol. The van der Waals surface area contributed by atoms with Crippen molar-refractivity contribution in [1.29, 1.82) is 0 Å². The van der Waals surface area contributed by atoms with Gasteiger partial charge in [-0.25, -0.2) is 0 Å². The molecule has 2 aromatic rings. The Morgan fingerprint density at radius 1 is 0.900 bits per heavy atom. The number of aryl methyl sites for hydroxylation is 1. The SMILES string of the molecule is CN(CCCc1ccccc1)Cc1ccccc1CN. The van der Waals surface area contributed by atoms with Crippen LogP contribution in [0.3, 0.4) is 0 Å². The number of nitrogens with zero attached hydrogens (tertiary/aromatic N) is 1. The zero-order valence-corrected chi connectivity index (χ0v) is 12.3. The highest BCUT2D eigenvalue weighted by Crippen LogP contribution is 2.11. The van der Waals surface area contributed by atoms with Crippen LogP contribution in [0.5, 0.6) is 0 Å². The van der Waals surface area contributed by atoms with Crippen LogP contribution in [0.2, 0.25) is 0 Å². The third-order valence-electron chi connectivity index (χ3n) is 3.63. The van der Waals surface area contributed by atoms with Crippen molar-refractivity contribution >= 4 is 0 Å². The molecule has 0 atom stereocenters. The van der Waals surface area contributed by atoms with Crippen molar-refractivity contribution in [2.75, 3.05) is 13.6 Å². The molecule has 2 N–H and O–H groups in total. The fourth-order valence-corrected chi connectivity index (χ4v) is 2.48. The van der Waals surface area contributed by atoms with Gasteiger partial charge in [0.1, 0.15) is 0 Å². The van der Waals surface area contributed by atoms with E-state index in [1.165, 1.54) is 23.1 Å². The molecule has 0 fully saturated rings. The Hall–Kier alpha value is -1.64. The third kappa shape index (κ3) is 4.48. The van der Waals surface area contributed by atoms with E-state index in [0.717, 1.165) is 19.5 Å². The van der Waals surface area contributed by atoms with Gasteiger partial charge in [-0.15, -0.1) is 0 Å². The fraction of sp³-hybridized carbons (Fsp3) is 0.333. The summed E-state index contributed by atoms with van der Waals surface area (Å²) in [5, 5.41) is 0. The minimum Gasteiger partial charge on any atom is -0.326 e. The quantitative estimate of drug-likeness (QED) is 0.835. The van der Waals surface area contributed by atoms with Crippen LogP contribution < -0.4 is 5.73 Å². The lowest BCUT2D eigenvalue weighted by Gasteiger charge is -2.18. The van der Waals surface area contributed by atoms with Crippen molar-refractivity contribution < 1.29 is 0 Å². The second-order valence-corrected chi connectivity index (χ2v) is 5.30. The highest BCUT2D eigenvalue weighted by Gasteiger charge is 2.04. The van der Waals surface area contributed by atoms with Gasteiger partial charge in [-0.3, -0.25) is 0 Å². The lowest BCUT2D eigenvalue weighted by atomic mass is 10.1. The molecule has 0 heterocycles. The van der Waals surface area contributed by atoms with Gasteiger partial charge in [-0.05, 0) is 43.1 Å². The summed E-state index contributed by atoms with van der Waals surface area (Å²) in [6.45, 7) is 2.70. The van der Waals surface area contributed by atoms with Crippen LogP contribution >= 0.6 is 0 Å². The summed E-state index contributed by atoms with van der Waals surface area (Å²) >= 11 is 0. The van der Waals surface area contributed by atoms with Crippen molar-refractivity contribution in [3.05, 3.63) is 71.3 Å². The van der Waals surface area contributed by atoms with E-state index in [0.29, 0.717) is 6.54 Å². The number of hydrogen-bond acceptors (Lipinski definition) is 2. The molecule has 0 unspecified atom stereocenters. The first-order valence-electron chi connectivity index (χ1n) is 7.29. The maximum atomic E-state index is 5.78. The van der Waals surface area contributed by atoms with Gasteiger partial charge in [-0.2, -0.15) is 0 Å². The third-order valence-corrected chi connectivity index (χ3v) is 3.63. The summed E-state index contributed by atoms with van der Waals surface area (Å²) in [5.74, 6) is 0. The molecule has 2 nitrogen and oxygen atoms in total. The first kappa shape index (κ1) is 14.8. The van der Waals surface area contributed by atoms with E-state index >= 15 is 0 Å². The number of rotatable bonds is 7. The molecule has 0 amide bonds. The van der Waals surface area contributed by atoms with Crippen molar-refractivity contribution in [2.24, 2.45) is 5.73 Å². The maximum Gasteiger partial charge on any atom is 0.0233 e. The average Bonchev–Trinajstić information content (AvgIpc) is 2.49. The van der Waals surface area contributed by atoms with Gasteiger partial charge in [0, 0.05) is 13.1 Å². The number of benzene rings is 2. The Morgan fingerprint density at radius 3 is 2.25 bits per heavy atom. The molecule has 2 rings (SSSR count). The van der Waals surface area contributed by atoms with Crippen LogP contribution in [-0.4, -0.2) is 18.5 Å². The van der Waals surface area contributed by atoms with E-state index in [4.69, 9.17) is 5.73 Å². The number of nitrogens with two attached hydrogens (primary N) is 1. The minimum atomic E-state index is 0.619. The summed E-state index contributed by atoms with van der Waals surface area (Å²) in [4.78, 5) is 2.37. The largest absolute Gasteiger partial charge is 0.326 e. The van der Waals surface area contributed by atoms with Gasteiger partial charge < -0.3 is 10.6 Å². The Labute approximate surface area is 122 Å². The van der Waals surface area contributed by atoms with Crippen LogP contribution in [-0.2, 0) is 19.5 Å². The molecule has 2 heteroatoms. The van der Waals surface area contributed by atoms with Gasteiger partial charge in [0.05, 0.1) is 0 Å². The molecular formula is C18H24N2. The Morgan fingerprint density at radius 2 is 1.55 bits per heavy atom. The molecule has 2 aromatic carbocycles. The predicted octanol–water partition coefficient (Wildman–Crippen LogP) is 3.21. The van der Waals surface area contributed by atoms with E-state index in [-0.39, 0.29) is 0 Å². The van der Waals surface area contributed by atoms with Gasteiger partial charge in [0.25, 0.3) is 0 Å². The van der Waals surface area contributed by atoms with Gasteiger partial charge in [0.15, 0.2) is 0 Å². The topological polar surface area (TPSA) is 29.3 Å².